The lowest BCUT2D eigenvalue weighted by Crippen LogP contribution is -2.14. The summed E-state index contributed by atoms with van der Waals surface area (Å²) >= 11 is 0. The Morgan fingerprint density at radius 3 is 2.78 bits per heavy atom. The van der Waals surface area contributed by atoms with E-state index in [1.165, 1.54) is 0 Å². The van der Waals surface area contributed by atoms with Crippen LogP contribution in [0.2, 0.25) is 0 Å². The Hall–Kier alpha value is 0.880. The molecule has 0 heterocycles. The molecule has 3 nitrogen and oxygen atoms in total. The summed E-state index contributed by atoms with van der Waals surface area (Å²) in [6.07, 6.45) is 0.305. The first kappa shape index (κ1) is 9.88. The maximum atomic E-state index is 10.1. The summed E-state index contributed by atoms with van der Waals surface area (Å²) in [5.41, 5.74) is 0. The van der Waals surface area contributed by atoms with Crippen LogP contribution in [0.3, 0.4) is 0 Å². The molecule has 9 heavy (non-hydrogen) atoms. The average molecular weight is 186 g/mol. The lowest BCUT2D eigenvalue weighted by Gasteiger charge is -2.06. The second-order valence-electron chi connectivity index (χ2n) is 1.24. The summed E-state index contributed by atoms with van der Waals surface area (Å²) in [7, 11) is 4.70. The third-order valence-corrected chi connectivity index (χ3v) is 1.67. The van der Waals surface area contributed by atoms with E-state index in [1.807, 2.05) is 0 Å². The Bertz CT molecular complexity index is 72.7. The number of hydrogen-bond acceptors (Lipinski definition) is 3. The molecule has 0 aliphatic heterocycles. The molecule has 0 aromatic carbocycles. The van der Waals surface area contributed by atoms with Gasteiger partial charge in [0.05, 0.1) is 6.61 Å². The van der Waals surface area contributed by atoms with Crippen molar-refractivity contribution in [3.05, 3.63) is 0 Å². The molecule has 3 unspecified atom stereocenters. The van der Waals surface area contributed by atoms with Gasteiger partial charge in [0.25, 0.3) is 0 Å². The summed E-state index contributed by atoms with van der Waals surface area (Å²) in [6.45, 7) is 0.301. The van der Waals surface area contributed by atoms with E-state index in [4.69, 9.17) is 4.52 Å². The lowest BCUT2D eigenvalue weighted by atomic mass is 10.4. The van der Waals surface area contributed by atoms with Crippen LogP contribution in [0.25, 0.3) is 0 Å². The van der Waals surface area contributed by atoms with Gasteiger partial charge in [0.15, 0.2) is 6.29 Å². The first-order valence-electron chi connectivity index (χ1n) is 2.23. The van der Waals surface area contributed by atoms with Crippen LogP contribution in [-0.4, -0.2) is 19.0 Å². The number of carbonyl (C=O) groups is 1. The highest BCUT2D eigenvalue weighted by Crippen LogP contribution is 2.23. The Morgan fingerprint density at radius 1 is 1.78 bits per heavy atom. The number of aldehydes is 1. The van der Waals surface area contributed by atoms with Gasteiger partial charge in [-0.3, -0.25) is 0 Å². The van der Waals surface area contributed by atoms with E-state index in [2.05, 4.69) is 22.9 Å². The minimum Gasteiger partial charge on any atom is -0.362 e. The van der Waals surface area contributed by atoms with E-state index >= 15 is 0 Å². The first-order chi connectivity index (χ1) is 4.35. The quantitative estimate of drug-likeness (QED) is 0.469. The molecule has 0 saturated carbocycles. The van der Waals surface area contributed by atoms with E-state index in [1.54, 1.807) is 0 Å². The van der Waals surface area contributed by atoms with Gasteiger partial charge in [-0.05, 0) is 0 Å². The second-order valence-corrected chi connectivity index (χ2v) is 2.76. The molecule has 0 fully saturated rings. The largest absolute Gasteiger partial charge is 0.362 e. The van der Waals surface area contributed by atoms with Crippen molar-refractivity contribution in [2.45, 2.75) is 6.10 Å². The molecule has 0 amide bonds. The van der Waals surface area contributed by atoms with Gasteiger partial charge < -0.3 is 13.8 Å². The molecule has 54 valence electrons. The Labute approximate surface area is 60.5 Å². The highest BCUT2D eigenvalue weighted by molar-refractivity contribution is 8.00. The zero-order valence-electron chi connectivity index (χ0n) is 4.74. The fourth-order valence-corrected chi connectivity index (χ4v) is 1.30. The van der Waals surface area contributed by atoms with Crippen molar-refractivity contribution in [1.82, 2.24) is 0 Å². The Morgan fingerprint density at radius 2 is 2.44 bits per heavy atom. The van der Waals surface area contributed by atoms with Gasteiger partial charge in [-0.15, -0.1) is 0 Å². The van der Waals surface area contributed by atoms with Crippen molar-refractivity contribution in [2.75, 3.05) is 6.61 Å². The Balaban J connectivity index is 3.29. The number of hydrogen-bond donors (Lipinski definition) is 0. The summed E-state index contributed by atoms with van der Waals surface area (Å²) in [6, 6.07) is 0. The molecular formula is C3H9O3P3. The van der Waals surface area contributed by atoms with Crippen LogP contribution >= 0.6 is 26.9 Å². The third kappa shape index (κ3) is 5.33. The zero-order chi connectivity index (χ0) is 7.11. The molecule has 0 rings (SSSR count). The fourth-order valence-electron chi connectivity index (χ4n) is 0.283. The van der Waals surface area contributed by atoms with Crippen LogP contribution in [0.1, 0.15) is 0 Å². The zero-order valence-corrected chi connectivity index (χ0v) is 8.05. The smallest absolute Gasteiger partial charge is 0.151 e. The topological polar surface area (TPSA) is 35.5 Å². The molecule has 0 aliphatic rings. The molecular weight excluding hydrogens is 177 g/mol. The van der Waals surface area contributed by atoms with Gasteiger partial charge in [-0.2, -0.15) is 0 Å². The van der Waals surface area contributed by atoms with Crippen molar-refractivity contribution in [3.63, 3.8) is 0 Å². The summed E-state index contributed by atoms with van der Waals surface area (Å²) in [4.78, 5) is 10.1. The van der Waals surface area contributed by atoms with Gasteiger partial charge in [0.1, 0.15) is 6.10 Å². The fraction of sp³-hybridized carbons (Fsp3) is 0.667. The molecule has 0 aliphatic carbocycles. The lowest BCUT2D eigenvalue weighted by molar-refractivity contribution is -0.114. The Kier molecular flexibility index (Phi) is 7.68. The van der Waals surface area contributed by atoms with E-state index in [9.17, 15) is 4.79 Å². The van der Waals surface area contributed by atoms with Crippen LogP contribution in [0.4, 0.5) is 0 Å². The normalized spacial score (nSPS) is 14.4. The third-order valence-electron chi connectivity index (χ3n) is 0.632. The molecule has 0 aromatic rings. The summed E-state index contributed by atoms with van der Waals surface area (Å²) < 4.78 is 9.52. The molecule has 0 aromatic heterocycles. The SMILES string of the molecule is O=C[C@H](COP)OPP. The minimum absolute atomic E-state index is 0.251. The van der Waals surface area contributed by atoms with Crippen molar-refractivity contribution in [2.24, 2.45) is 0 Å². The van der Waals surface area contributed by atoms with Gasteiger partial charge in [-0.25, -0.2) is 0 Å². The van der Waals surface area contributed by atoms with Crippen molar-refractivity contribution >= 4 is 33.2 Å². The van der Waals surface area contributed by atoms with E-state index in [0.29, 0.717) is 6.61 Å². The van der Waals surface area contributed by atoms with Crippen molar-refractivity contribution in [3.8, 4) is 0 Å². The van der Waals surface area contributed by atoms with Crippen LogP contribution in [-0.2, 0) is 13.8 Å². The standard InChI is InChI=1S/C3H9O3P3/c4-1-3(2-5-7)6-9-8/h1,3,9H,2,7-8H2/t3-/m1/s1. The minimum atomic E-state index is -0.418. The predicted octanol–water partition coefficient (Wildman–Crippen LogP) is 0.761. The monoisotopic (exact) mass is 186 g/mol. The van der Waals surface area contributed by atoms with Crippen LogP contribution in [0, 0.1) is 0 Å². The molecule has 6 heteroatoms. The molecule has 0 spiro atoms. The summed E-state index contributed by atoms with van der Waals surface area (Å²) in [5.74, 6) is 0. The second kappa shape index (κ2) is 6.99. The highest BCUT2D eigenvalue weighted by atomic mass is 32.0. The average Bonchev–Trinajstić information content (AvgIpc) is 1.88. The van der Waals surface area contributed by atoms with E-state index in [-0.39, 0.29) is 8.50 Å². The van der Waals surface area contributed by atoms with Gasteiger partial charge in [0, 0.05) is 18.0 Å². The maximum Gasteiger partial charge on any atom is 0.151 e. The molecule has 0 bridgehead atoms. The van der Waals surface area contributed by atoms with Gasteiger partial charge in [0.2, 0.25) is 0 Å². The van der Waals surface area contributed by atoms with Crippen molar-refractivity contribution in [1.29, 1.82) is 0 Å². The number of rotatable bonds is 5. The van der Waals surface area contributed by atoms with E-state index < -0.39 is 6.10 Å². The first-order valence-corrected chi connectivity index (χ1v) is 5.42. The summed E-state index contributed by atoms with van der Waals surface area (Å²) in [5, 5.41) is 0. The van der Waals surface area contributed by atoms with E-state index in [0.717, 1.165) is 6.29 Å². The van der Waals surface area contributed by atoms with Crippen LogP contribution < -0.4 is 0 Å². The molecule has 4 atom stereocenters. The predicted molar refractivity (Wildman–Crippen MR) is 44.6 cm³/mol. The maximum absolute atomic E-state index is 10.1. The highest BCUT2D eigenvalue weighted by Gasteiger charge is 2.03. The van der Waals surface area contributed by atoms with Crippen molar-refractivity contribution < 1.29 is 13.8 Å². The van der Waals surface area contributed by atoms with Crippen LogP contribution in [0.15, 0.2) is 0 Å². The molecule has 0 radical (unpaired) electrons. The van der Waals surface area contributed by atoms with Crippen LogP contribution in [0.5, 0.6) is 0 Å². The number of carbonyl (C=O) groups excluding carboxylic acids is 1. The molecule has 0 N–H and O–H groups in total. The van der Waals surface area contributed by atoms with Gasteiger partial charge in [-0.1, -0.05) is 8.93 Å². The van der Waals surface area contributed by atoms with Gasteiger partial charge >= 0.3 is 0 Å². The molecule has 0 saturated heterocycles.